The molecule has 4 heteroatoms. The van der Waals surface area contributed by atoms with Crippen LogP contribution >= 0.6 is 0 Å². The average Bonchev–Trinajstić information content (AvgIpc) is 2.68. The van der Waals surface area contributed by atoms with Gasteiger partial charge < -0.3 is 5.32 Å². The Morgan fingerprint density at radius 2 is 2.13 bits per heavy atom. The molecule has 1 heterocycles. The van der Waals surface area contributed by atoms with Gasteiger partial charge in [0, 0.05) is 12.7 Å². The summed E-state index contributed by atoms with van der Waals surface area (Å²) in [4.78, 5) is 0. The third-order valence-electron chi connectivity index (χ3n) is 2.10. The highest BCUT2D eigenvalue weighted by atomic mass is 19.1. The summed E-state index contributed by atoms with van der Waals surface area (Å²) in [6, 6.07) is 8.44. The summed E-state index contributed by atoms with van der Waals surface area (Å²) in [7, 11) is 1.85. The average molecular weight is 205 g/mol. The molecule has 1 aromatic heterocycles. The van der Waals surface area contributed by atoms with Crippen LogP contribution in [0.25, 0.3) is 5.69 Å². The Morgan fingerprint density at radius 1 is 1.33 bits per heavy atom. The topological polar surface area (TPSA) is 29.9 Å². The number of hydrogen-bond acceptors (Lipinski definition) is 2. The Morgan fingerprint density at radius 3 is 2.87 bits per heavy atom. The molecule has 0 fully saturated rings. The molecule has 1 N–H and O–H groups in total. The van der Waals surface area contributed by atoms with Crippen LogP contribution in [0.15, 0.2) is 36.5 Å². The van der Waals surface area contributed by atoms with E-state index in [0.717, 1.165) is 5.69 Å². The second-order valence-corrected chi connectivity index (χ2v) is 3.23. The molecule has 78 valence electrons. The fourth-order valence-corrected chi connectivity index (χ4v) is 1.41. The van der Waals surface area contributed by atoms with Crippen LogP contribution in [0.5, 0.6) is 0 Å². The highest BCUT2D eigenvalue weighted by Crippen LogP contribution is 2.11. The van der Waals surface area contributed by atoms with Crippen LogP contribution in [-0.4, -0.2) is 16.8 Å². The van der Waals surface area contributed by atoms with E-state index >= 15 is 0 Å². The molecular formula is C11H12FN3. The predicted octanol–water partition coefficient (Wildman–Crippen LogP) is 1.73. The van der Waals surface area contributed by atoms with Gasteiger partial charge >= 0.3 is 0 Å². The van der Waals surface area contributed by atoms with E-state index in [4.69, 9.17) is 0 Å². The summed E-state index contributed by atoms with van der Waals surface area (Å²) in [6.07, 6.45) is 1.76. The monoisotopic (exact) mass is 205 g/mol. The van der Waals surface area contributed by atoms with Crippen molar-refractivity contribution in [3.8, 4) is 5.69 Å². The van der Waals surface area contributed by atoms with Gasteiger partial charge in [-0.2, -0.15) is 5.10 Å². The van der Waals surface area contributed by atoms with Gasteiger partial charge in [-0.25, -0.2) is 9.07 Å². The molecule has 0 aliphatic carbocycles. The minimum Gasteiger partial charge on any atom is -0.314 e. The van der Waals surface area contributed by atoms with Gasteiger partial charge in [0.15, 0.2) is 0 Å². The van der Waals surface area contributed by atoms with Crippen molar-refractivity contribution in [1.82, 2.24) is 15.1 Å². The van der Waals surface area contributed by atoms with Gasteiger partial charge in [0.05, 0.1) is 5.69 Å². The Balaban J connectivity index is 2.33. The normalized spacial score (nSPS) is 10.5. The summed E-state index contributed by atoms with van der Waals surface area (Å²) >= 11 is 0. The van der Waals surface area contributed by atoms with Gasteiger partial charge in [-0.05, 0) is 25.2 Å². The molecule has 0 bridgehead atoms. The standard InChI is InChI=1S/C11H12FN3/c1-13-8-9-6-7-15(14-9)11-5-3-2-4-10(11)12/h2-7,13H,8H2,1H3. The zero-order chi connectivity index (χ0) is 10.7. The third-order valence-corrected chi connectivity index (χ3v) is 2.10. The van der Waals surface area contributed by atoms with Crippen molar-refractivity contribution in [2.45, 2.75) is 6.54 Å². The summed E-state index contributed by atoms with van der Waals surface area (Å²) < 4.78 is 14.9. The van der Waals surface area contributed by atoms with Crippen molar-refractivity contribution in [1.29, 1.82) is 0 Å². The maximum Gasteiger partial charge on any atom is 0.148 e. The van der Waals surface area contributed by atoms with Crippen LogP contribution in [-0.2, 0) is 6.54 Å². The first-order valence-corrected chi connectivity index (χ1v) is 4.75. The molecule has 3 nitrogen and oxygen atoms in total. The molecule has 0 radical (unpaired) electrons. The minimum absolute atomic E-state index is 0.267. The molecule has 1 aromatic carbocycles. The summed E-state index contributed by atoms with van der Waals surface area (Å²) in [6.45, 7) is 0.682. The first-order valence-electron chi connectivity index (χ1n) is 4.75. The highest BCUT2D eigenvalue weighted by molar-refractivity contribution is 5.32. The maximum atomic E-state index is 13.4. The molecule has 0 aliphatic heterocycles. The number of hydrogen-bond donors (Lipinski definition) is 1. The third kappa shape index (κ3) is 2.05. The molecule has 15 heavy (non-hydrogen) atoms. The van der Waals surface area contributed by atoms with Crippen molar-refractivity contribution >= 4 is 0 Å². The Hall–Kier alpha value is -1.68. The van der Waals surface area contributed by atoms with Gasteiger partial charge in [0.25, 0.3) is 0 Å². The number of halogens is 1. The van der Waals surface area contributed by atoms with E-state index in [1.54, 1.807) is 29.1 Å². The van der Waals surface area contributed by atoms with Crippen LogP contribution in [0.2, 0.25) is 0 Å². The van der Waals surface area contributed by atoms with Crippen molar-refractivity contribution in [3.63, 3.8) is 0 Å². The van der Waals surface area contributed by atoms with Crippen molar-refractivity contribution in [3.05, 3.63) is 48.0 Å². The van der Waals surface area contributed by atoms with E-state index in [1.807, 2.05) is 13.1 Å². The van der Waals surface area contributed by atoms with Crippen LogP contribution in [0, 0.1) is 5.82 Å². The molecule has 2 rings (SSSR count). The Bertz CT molecular complexity index is 451. The molecule has 0 atom stereocenters. The predicted molar refractivity (Wildman–Crippen MR) is 56.3 cm³/mol. The number of benzene rings is 1. The van der Waals surface area contributed by atoms with Gasteiger partial charge in [0.1, 0.15) is 11.5 Å². The molecule has 0 saturated heterocycles. The fourth-order valence-electron chi connectivity index (χ4n) is 1.41. The molecule has 0 amide bonds. The fraction of sp³-hybridized carbons (Fsp3) is 0.182. The van der Waals surface area contributed by atoms with E-state index in [9.17, 15) is 4.39 Å². The zero-order valence-electron chi connectivity index (χ0n) is 8.44. The van der Waals surface area contributed by atoms with E-state index in [0.29, 0.717) is 12.2 Å². The molecule has 0 saturated carbocycles. The van der Waals surface area contributed by atoms with Gasteiger partial charge in [-0.1, -0.05) is 12.1 Å². The van der Waals surface area contributed by atoms with Crippen LogP contribution in [0.3, 0.4) is 0 Å². The lowest BCUT2D eigenvalue weighted by Crippen LogP contribution is -2.06. The molecule has 0 unspecified atom stereocenters. The van der Waals surface area contributed by atoms with Crippen LogP contribution < -0.4 is 5.32 Å². The van der Waals surface area contributed by atoms with Gasteiger partial charge in [0.2, 0.25) is 0 Å². The molecule has 0 spiro atoms. The van der Waals surface area contributed by atoms with Crippen molar-refractivity contribution < 1.29 is 4.39 Å². The Labute approximate surface area is 87.5 Å². The molecule has 0 aliphatic rings. The number of para-hydroxylation sites is 1. The largest absolute Gasteiger partial charge is 0.314 e. The van der Waals surface area contributed by atoms with Crippen molar-refractivity contribution in [2.24, 2.45) is 0 Å². The van der Waals surface area contributed by atoms with Crippen molar-refractivity contribution in [2.75, 3.05) is 7.05 Å². The second kappa shape index (κ2) is 4.23. The van der Waals surface area contributed by atoms with E-state index in [2.05, 4.69) is 10.4 Å². The summed E-state index contributed by atoms with van der Waals surface area (Å²) in [5.41, 5.74) is 1.36. The first-order chi connectivity index (χ1) is 7.31. The van der Waals surface area contributed by atoms with Crippen LogP contribution in [0.1, 0.15) is 5.69 Å². The lowest BCUT2D eigenvalue weighted by molar-refractivity contribution is 0.609. The number of nitrogens with one attached hydrogen (secondary N) is 1. The highest BCUT2D eigenvalue weighted by Gasteiger charge is 2.04. The summed E-state index contributed by atoms with van der Waals surface area (Å²) in [5, 5.41) is 7.24. The first kappa shape index (κ1) is 9.86. The zero-order valence-corrected chi connectivity index (χ0v) is 8.44. The van der Waals surface area contributed by atoms with Gasteiger partial charge in [-0.3, -0.25) is 0 Å². The molecule has 2 aromatic rings. The van der Waals surface area contributed by atoms with E-state index < -0.39 is 0 Å². The Kier molecular flexibility index (Phi) is 2.78. The lowest BCUT2D eigenvalue weighted by Gasteiger charge is -2.01. The quantitative estimate of drug-likeness (QED) is 0.827. The van der Waals surface area contributed by atoms with Crippen LogP contribution in [0.4, 0.5) is 4.39 Å². The number of nitrogens with zero attached hydrogens (tertiary/aromatic N) is 2. The van der Waals surface area contributed by atoms with E-state index in [1.165, 1.54) is 6.07 Å². The summed E-state index contributed by atoms with van der Waals surface area (Å²) in [5.74, 6) is -0.267. The lowest BCUT2D eigenvalue weighted by atomic mass is 10.3. The molecular weight excluding hydrogens is 193 g/mol. The van der Waals surface area contributed by atoms with Gasteiger partial charge in [-0.15, -0.1) is 0 Å². The maximum absolute atomic E-state index is 13.4. The smallest absolute Gasteiger partial charge is 0.148 e. The SMILES string of the molecule is CNCc1ccn(-c2ccccc2F)n1. The minimum atomic E-state index is -0.267. The number of aromatic nitrogens is 2. The second-order valence-electron chi connectivity index (χ2n) is 3.23. The number of rotatable bonds is 3. The van der Waals surface area contributed by atoms with E-state index in [-0.39, 0.29) is 5.82 Å².